The van der Waals surface area contributed by atoms with Gasteiger partial charge >= 0.3 is 10.2 Å². The van der Waals surface area contributed by atoms with Crippen LogP contribution in [0, 0.1) is 20.8 Å². The van der Waals surface area contributed by atoms with Crippen LogP contribution in [0.5, 0.6) is 0 Å². The highest BCUT2D eigenvalue weighted by Crippen LogP contribution is 2.31. The summed E-state index contributed by atoms with van der Waals surface area (Å²) in [5.41, 5.74) is 1.60. The van der Waals surface area contributed by atoms with E-state index in [1.54, 1.807) is 6.92 Å². The SMILES string of the molecule is CC(=O)Nc1c(C)cc(C)c(S(=O)(=O)F)c1C. The van der Waals surface area contributed by atoms with Crippen LogP contribution in [0.2, 0.25) is 0 Å². The first kappa shape index (κ1) is 13.6. The Morgan fingerprint density at radius 2 is 1.76 bits per heavy atom. The summed E-state index contributed by atoms with van der Waals surface area (Å²) in [6.07, 6.45) is 0. The minimum atomic E-state index is -4.79. The van der Waals surface area contributed by atoms with E-state index in [0.717, 1.165) is 0 Å². The fraction of sp³-hybridized carbons (Fsp3) is 0.364. The van der Waals surface area contributed by atoms with Gasteiger partial charge in [0.1, 0.15) is 4.90 Å². The maximum absolute atomic E-state index is 13.2. The van der Waals surface area contributed by atoms with Gasteiger partial charge in [-0.1, -0.05) is 6.07 Å². The number of rotatable bonds is 2. The number of halogens is 1. The highest BCUT2D eigenvalue weighted by Gasteiger charge is 2.22. The van der Waals surface area contributed by atoms with Gasteiger partial charge in [-0.15, -0.1) is 3.89 Å². The summed E-state index contributed by atoms with van der Waals surface area (Å²) in [5.74, 6) is -0.331. The van der Waals surface area contributed by atoms with E-state index in [4.69, 9.17) is 0 Å². The summed E-state index contributed by atoms with van der Waals surface area (Å²) in [5, 5.41) is 2.51. The van der Waals surface area contributed by atoms with Crippen LogP contribution < -0.4 is 5.32 Å². The molecular weight excluding hydrogens is 245 g/mol. The van der Waals surface area contributed by atoms with E-state index in [-0.39, 0.29) is 16.4 Å². The molecule has 6 heteroatoms. The van der Waals surface area contributed by atoms with Crippen LogP contribution in [0.25, 0.3) is 0 Å². The summed E-state index contributed by atoms with van der Waals surface area (Å²) in [4.78, 5) is 10.6. The molecular formula is C11H14FNO3S. The van der Waals surface area contributed by atoms with Gasteiger partial charge in [0.15, 0.2) is 0 Å². The molecule has 0 aliphatic heterocycles. The molecule has 17 heavy (non-hydrogen) atoms. The third-order valence-corrected chi connectivity index (χ3v) is 3.56. The third kappa shape index (κ3) is 2.82. The van der Waals surface area contributed by atoms with Gasteiger partial charge in [-0.2, -0.15) is 8.42 Å². The smallest absolute Gasteiger partial charge is 0.326 e. The standard InChI is InChI=1S/C11H14FNO3S/c1-6-5-7(2)11(17(12,15)16)8(3)10(6)13-9(4)14/h5H,1-4H3,(H,13,14). The molecule has 0 radical (unpaired) electrons. The topological polar surface area (TPSA) is 63.2 Å². The summed E-state index contributed by atoms with van der Waals surface area (Å²) in [6.45, 7) is 6.02. The maximum atomic E-state index is 13.2. The van der Waals surface area contributed by atoms with Crippen molar-refractivity contribution in [3.63, 3.8) is 0 Å². The number of anilines is 1. The number of amides is 1. The normalized spacial score (nSPS) is 11.4. The van der Waals surface area contributed by atoms with Gasteiger partial charge in [-0.25, -0.2) is 0 Å². The van der Waals surface area contributed by atoms with Crippen LogP contribution in [-0.4, -0.2) is 14.3 Å². The predicted octanol–water partition coefficient (Wildman–Crippen LogP) is 2.23. The number of carbonyl (C=O) groups is 1. The van der Waals surface area contributed by atoms with Gasteiger partial charge in [0.05, 0.1) is 0 Å². The van der Waals surface area contributed by atoms with Crippen LogP contribution in [-0.2, 0) is 15.0 Å². The average molecular weight is 259 g/mol. The Kier molecular flexibility index (Phi) is 3.56. The highest BCUT2D eigenvalue weighted by atomic mass is 32.3. The number of aryl methyl sites for hydroxylation is 2. The first-order valence-corrected chi connectivity index (χ1v) is 6.36. The van der Waals surface area contributed by atoms with Crippen molar-refractivity contribution in [3.8, 4) is 0 Å². The number of hydrogen-bond donors (Lipinski definition) is 1. The molecule has 1 amide bonds. The Labute approximate surface area is 100 Å². The highest BCUT2D eigenvalue weighted by molar-refractivity contribution is 7.86. The third-order valence-electron chi connectivity index (χ3n) is 2.45. The second-order valence-corrected chi connectivity index (χ2v) is 5.24. The maximum Gasteiger partial charge on any atom is 0.332 e. The van der Waals surface area contributed by atoms with Crippen molar-refractivity contribution in [2.75, 3.05) is 5.32 Å². The molecule has 0 atom stereocenters. The van der Waals surface area contributed by atoms with Crippen molar-refractivity contribution in [1.29, 1.82) is 0 Å². The Morgan fingerprint density at radius 1 is 1.24 bits per heavy atom. The minimum absolute atomic E-state index is 0.222. The molecule has 0 aliphatic rings. The van der Waals surface area contributed by atoms with E-state index in [1.165, 1.54) is 26.8 Å². The number of benzene rings is 1. The molecule has 0 bridgehead atoms. The number of hydrogen-bond acceptors (Lipinski definition) is 3. The second-order valence-electron chi connectivity index (χ2n) is 3.96. The molecule has 1 rings (SSSR count). The lowest BCUT2D eigenvalue weighted by molar-refractivity contribution is -0.114. The zero-order chi connectivity index (χ0) is 13.4. The van der Waals surface area contributed by atoms with Crippen LogP contribution in [0.15, 0.2) is 11.0 Å². The molecule has 0 unspecified atom stereocenters. The van der Waals surface area contributed by atoms with E-state index >= 15 is 0 Å². The molecule has 94 valence electrons. The second kappa shape index (κ2) is 4.44. The molecule has 1 aromatic rings. The fourth-order valence-electron chi connectivity index (χ4n) is 1.91. The summed E-state index contributed by atoms with van der Waals surface area (Å²) >= 11 is 0. The average Bonchev–Trinajstić information content (AvgIpc) is 2.08. The molecule has 0 fully saturated rings. The number of nitrogens with one attached hydrogen (secondary N) is 1. The van der Waals surface area contributed by atoms with Gasteiger partial charge in [0.25, 0.3) is 0 Å². The predicted molar refractivity (Wildman–Crippen MR) is 63.3 cm³/mol. The Hall–Kier alpha value is -1.43. The minimum Gasteiger partial charge on any atom is -0.326 e. The molecule has 0 heterocycles. The van der Waals surface area contributed by atoms with Crippen molar-refractivity contribution >= 4 is 21.8 Å². The van der Waals surface area contributed by atoms with Crippen molar-refractivity contribution in [2.45, 2.75) is 32.6 Å². The van der Waals surface area contributed by atoms with E-state index in [1.807, 2.05) is 0 Å². The lowest BCUT2D eigenvalue weighted by Gasteiger charge is -2.14. The van der Waals surface area contributed by atoms with Crippen LogP contribution in [0.3, 0.4) is 0 Å². The molecule has 1 N–H and O–H groups in total. The molecule has 0 aliphatic carbocycles. The first-order chi connectivity index (χ1) is 7.64. The number of carbonyl (C=O) groups excluding carboxylic acids is 1. The van der Waals surface area contributed by atoms with Crippen molar-refractivity contribution in [3.05, 3.63) is 22.8 Å². The Balaban J connectivity index is 3.60. The largest absolute Gasteiger partial charge is 0.332 e. The lowest BCUT2D eigenvalue weighted by Crippen LogP contribution is -2.11. The van der Waals surface area contributed by atoms with E-state index in [2.05, 4.69) is 5.32 Å². The van der Waals surface area contributed by atoms with Crippen LogP contribution in [0.1, 0.15) is 23.6 Å². The first-order valence-electron chi connectivity index (χ1n) is 4.97. The monoisotopic (exact) mass is 259 g/mol. The quantitative estimate of drug-likeness (QED) is 0.828. The van der Waals surface area contributed by atoms with E-state index < -0.39 is 10.2 Å². The fourth-order valence-corrected chi connectivity index (χ4v) is 2.82. The lowest BCUT2D eigenvalue weighted by atomic mass is 10.0. The molecule has 0 saturated heterocycles. The zero-order valence-electron chi connectivity index (χ0n) is 10.1. The van der Waals surface area contributed by atoms with Gasteiger partial charge in [-0.3, -0.25) is 4.79 Å². The van der Waals surface area contributed by atoms with Gasteiger partial charge in [0, 0.05) is 12.6 Å². The summed E-state index contributed by atoms with van der Waals surface area (Å²) in [6, 6.07) is 1.53. The van der Waals surface area contributed by atoms with E-state index in [0.29, 0.717) is 16.8 Å². The van der Waals surface area contributed by atoms with Crippen LogP contribution in [0.4, 0.5) is 9.57 Å². The molecule has 0 spiro atoms. The molecule has 4 nitrogen and oxygen atoms in total. The molecule has 0 aromatic heterocycles. The summed E-state index contributed by atoms with van der Waals surface area (Å²) < 4.78 is 35.2. The summed E-state index contributed by atoms with van der Waals surface area (Å²) in [7, 11) is -4.79. The van der Waals surface area contributed by atoms with Gasteiger partial charge in [-0.05, 0) is 37.5 Å². The van der Waals surface area contributed by atoms with Crippen LogP contribution >= 0.6 is 0 Å². The Bertz CT molecular complexity index is 579. The van der Waals surface area contributed by atoms with E-state index in [9.17, 15) is 17.1 Å². The van der Waals surface area contributed by atoms with Gasteiger partial charge < -0.3 is 5.32 Å². The molecule has 1 aromatic carbocycles. The Morgan fingerprint density at radius 3 is 2.18 bits per heavy atom. The van der Waals surface area contributed by atoms with Crippen molar-refractivity contribution in [1.82, 2.24) is 0 Å². The van der Waals surface area contributed by atoms with Gasteiger partial charge in [0.2, 0.25) is 5.91 Å². The van der Waals surface area contributed by atoms with Crippen molar-refractivity contribution < 1.29 is 17.1 Å². The molecule has 0 saturated carbocycles. The zero-order valence-corrected chi connectivity index (χ0v) is 10.9. The van der Waals surface area contributed by atoms with Crippen molar-refractivity contribution in [2.24, 2.45) is 0 Å².